The van der Waals surface area contributed by atoms with Crippen molar-refractivity contribution in [2.24, 2.45) is 5.92 Å². The Balaban J connectivity index is 2.37. The maximum atomic E-state index is 5.92. The van der Waals surface area contributed by atoms with Gasteiger partial charge in [0.25, 0.3) is 0 Å². The first kappa shape index (κ1) is 13.9. The SMILES string of the molecule is CSCC(C)CNCc1ccc(Cl)cc1C. The van der Waals surface area contributed by atoms with E-state index in [1.54, 1.807) is 0 Å². The highest BCUT2D eigenvalue weighted by Crippen LogP contribution is 2.15. The van der Waals surface area contributed by atoms with E-state index in [4.69, 9.17) is 11.6 Å². The van der Waals surface area contributed by atoms with Crippen molar-refractivity contribution in [3.8, 4) is 0 Å². The van der Waals surface area contributed by atoms with E-state index in [1.165, 1.54) is 16.9 Å². The number of hydrogen-bond acceptors (Lipinski definition) is 2. The van der Waals surface area contributed by atoms with Crippen LogP contribution in [0.4, 0.5) is 0 Å². The van der Waals surface area contributed by atoms with E-state index in [1.807, 2.05) is 23.9 Å². The van der Waals surface area contributed by atoms with Crippen LogP contribution >= 0.6 is 23.4 Å². The minimum absolute atomic E-state index is 0.725. The molecule has 0 heterocycles. The molecule has 0 saturated heterocycles. The van der Waals surface area contributed by atoms with Gasteiger partial charge in [-0.15, -0.1) is 0 Å². The molecule has 0 fully saturated rings. The molecule has 0 amide bonds. The first-order valence-electron chi connectivity index (χ1n) is 5.58. The van der Waals surface area contributed by atoms with Crippen LogP contribution in [0, 0.1) is 12.8 Å². The van der Waals surface area contributed by atoms with Crippen LogP contribution in [-0.2, 0) is 6.54 Å². The number of thioether (sulfide) groups is 1. The van der Waals surface area contributed by atoms with E-state index in [9.17, 15) is 0 Å². The number of aryl methyl sites for hydroxylation is 1. The van der Waals surface area contributed by atoms with E-state index in [-0.39, 0.29) is 0 Å². The summed E-state index contributed by atoms with van der Waals surface area (Å²) in [6, 6.07) is 6.07. The van der Waals surface area contributed by atoms with Gasteiger partial charge in [-0.05, 0) is 54.7 Å². The Morgan fingerprint density at radius 3 is 2.81 bits per heavy atom. The van der Waals surface area contributed by atoms with Crippen molar-refractivity contribution >= 4 is 23.4 Å². The lowest BCUT2D eigenvalue weighted by Crippen LogP contribution is -2.22. The second-order valence-corrected chi connectivity index (χ2v) is 5.61. The number of nitrogens with one attached hydrogen (secondary N) is 1. The predicted octanol–water partition coefficient (Wildman–Crippen LogP) is 3.74. The molecule has 0 aromatic heterocycles. The lowest BCUT2D eigenvalue weighted by Gasteiger charge is -2.12. The Morgan fingerprint density at radius 1 is 1.44 bits per heavy atom. The van der Waals surface area contributed by atoms with Gasteiger partial charge in [0, 0.05) is 11.6 Å². The van der Waals surface area contributed by atoms with Crippen molar-refractivity contribution in [3.63, 3.8) is 0 Å². The summed E-state index contributed by atoms with van der Waals surface area (Å²) in [4.78, 5) is 0. The van der Waals surface area contributed by atoms with Gasteiger partial charge in [0.05, 0.1) is 0 Å². The van der Waals surface area contributed by atoms with E-state index in [0.717, 1.165) is 24.0 Å². The van der Waals surface area contributed by atoms with E-state index >= 15 is 0 Å². The predicted molar refractivity (Wildman–Crippen MR) is 75.4 cm³/mol. The lowest BCUT2D eigenvalue weighted by atomic mass is 10.1. The minimum Gasteiger partial charge on any atom is -0.312 e. The Kier molecular flexibility index (Phi) is 6.25. The third-order valence-electron chi connectivity index (χ3n) is 2.56. The van der Waals surface area contributed by atoms with E-state index in [0.29, 0.717) is 0 Å². The molecule has 1 nitrogen and oxygen atoms in total. The van der Waals surface area contributed by atoms with Crippen molar-refractivity contribution in [1.29, 1.82) is 0 Å². The molecule has 16 heavy (non-hydrogen) atoms. The lowest BCUT2D eigenvalue weighted by molar-refractivity contribution is 0.558. The molecular weight excluding hydrogens is 238 g/mol. The van der Waals surface area contributed by atoms with Crippen LogP contribution in [-0.4, -0.2) is 18.6 Å². The minimum atomic E-state index is 0.725. The fourth-order valence-electron chi connectivity index (χ4n) is 1.65. The van der Waals surface area contributed by atoms with Crippen LogP contribution < -0.4 is 5.32 Å². The summed E-state index contributed by atoms with van der Waals surface area (Å²) in [5, 5.41) is 4.31. The summed E-state index contributed by atoms with van der Waals surface area (Å²) in [6.07, 6.45) is 2.15. The quantitative estimate of drug-likeness (QED) is 0.833. The van der Waals surface area contributed by atoms with Gasteiger partial charge in [-0.2, -0.15) is 11.8 Å². The van der Waals surface area contributed by atoms with Gasteiger partial charge in [-0.25, -0.2) is 0 Å². The second kappa shape index (κ2) is 7.21. The Morgan fingerprint density at radius 2 is 2.19 bits per heavy atom. The molecule has 1 N–H and O–H groups in total. The van der Waals surface area contributed by atoms with E-state index < -0.39 is 0 Å². The summed E-state index contributed by atoms with van der Waals surface area (Å²) in [6.45, 7) is 6.39. The molecule has 1 unspecified atom stereocenters. The van der Waals surface area contributed by atoms with Crippen LogP contribution in [0.3, 0.4) is 0 Å². The number of hydrogen-bond donors (Lipinski definition) is 1. The molecule has 0 radical (unpaired) electrons. The molecule has 0 aliphatic rings. The second-order valence-electron chi connectivity index (χ2n) is 4.26. The summed E-state index contributed by atoms with van der Waals surface area (Å²) < 4.78 is 0. The first-order chi connectivity index (χ1) is 7.63. The van der Waals surface area contributed by atoms with Crippen LogP contribution in [0.5, 0.6) is 0 Å². The monoisotopic (exact) mass is 257 g/mol. The Labute approximate surface area is 108 Å². The molecule has 0 spiro atoms. The molecule has 1 rings (SSSR count). The standard InChI is InChI=1S/C13H20ClNS/c1-10(9-16-3)7-15-8-12-4-5-13(14)6-11(12)2/h4-6,10,15H,7-9H2,1-3H3. The van der Waals surface area contributed by atoms with Crippen molar-refractivity contribution in [2.45, 2.75) is 20.4 Å². The van der Waals surface area contributed by atoms with E-state index in [2.05, 4.69) is 31.5 Å². The fourth-order valence-corrected chi connectivity index (χ4v) is 2.57. The third-order valence-corrected chi connectivity index (χ3v) is 3.70. The molecule has 0 aliphatic heterocycles. The molecular formula is C13H20ClNS. The van der Waals surface area contributed by atoms with Gasteiger partial charge in [0.1, 0.15) is 0 Å². The third kappa shape index (κ3) is 4.77. The van der Waals surface area contributed by atoms with Crippen molar-refractivity contribution in [1.82, 2.24) is 5.32 Å². The molecule has 1 atom stereocenters. The molecule has 90 valence electrons. The topological polar surface area (TPSA) is 12.0 Å². The average molecular weight is 258 g/mol. The normalized spacial score (nSPS) is 12.8. The highest BCUT2D eigenvalue weighted by Gasteiger charge is 2.02. The van der Waals surface area contributed by atoms with Crippen molar-refractivity contribution < 1.29 is 0 Å². The summed E-state index contributed by atoms with van der Waals surface area (Å²) >= 11 is 7.82. The number of halogens is 1. The number of benzene rings is 1. The largest absolute Gasteiger partial charge is 0.312 e. The molecule has 1 aromatic rings. The highest BCUT2D eigenvalue weighted by atomic mass is 35.5. The van der Waals surface area contributed by atoms with Gasteiger partial charge in [-0.3, -0.25) is 0 Å². The molecule has 0 aliphatic carbocycles. The summed E-state index contributed by atoms with van der Waals surface area (Å²) in [5.41, 5.74) is 2.60. The van der Waals surface area contributed by atoms with Crippen LogP contribution in [0.25, 0.3) is 0 Å². The molecule has 1 aromatic carbocycles. The van der Waals surface area contributed by atoms with Gasteiger partial charge >= 0.3 is 0 Å². The van der Waals surface area contributed by atoms with Gasteiger partial charge in [0.15, 0.2) is 0 Å². The average Bonchev–Trinajstić information content (AvgIpc) is 2.22. The zero-order valence-electron chi connectivity index (χ0n) is 10.2. The van der Waals surface area contributed by atoms with Crippen molar-refractivity contribution in [3.05, 3.63) is 34.3 Å². The zero-order chi connectivity index (χ0) is 12.0. The number of rotatable bonds is 6. The molecule has 3 heteroatoms. The van der Waals surface area contributed by atoms with Crippen LogP contribution in [0.2, 0.25) is 5.02 Å². The fraction of sp³-hybridized carbons (Fsp3) is 0.538. The maximum Gasteiger partial charge on any atom is 0.0408 e. The Hall–Kier alpha value is -0.180. The molecule has 0 saturated carbocycles. The summed E-state index contributed by atoms with van der Waals surface area (Å²) in [5.74, 6) is 1.94. The van der Waals surface area contributed by atoms with Crippen LogP contribution in [0.1, 0.15) is 18.1 Å². The van der Waals surface area contributed by atoms with Crippen molar-refractivity contribution in [2.75, 3.05) is 18.6 Å². The smallest absolute Gasteiger partial charge is 0.0408 e. The molecule has 0 bridgehead atoms. The van der Waals surface area contributed by atoms with Crippen LogP contribution in [0.15, 0.2) is 18.2 Å². The zero-order valence-corrected chi connectivity index (χ0v) is 11.8. The first-order valence-corrected chi connectivity index (χ1v) is 7.35. The van der Waals surface area contributed by atoms with Gasteiger partial charge in [0.2, 0.25) is 0 Å². The van der Waals surface area contributed by atoms with Gasteiger partial charge < -0.3 is 5.32 Å². The van der Waals surface area contributed by atoms with Gasteiger partial charge in [-0.1, -0.05) is 24.6 Å². The summed E-state index contributed by atoms with van der Waals surface area (Å²) in [7, 11) is 0. The Bertz CT molecular complexity index is 328. The maximum absolute atomic E-state index is 5.92. The highest BCUT2D eigenvalue weighted by molar-refractivity contribution is 7.98.